The van der Waals surface area contributed by atoms with E-state index in [0.717, 1.165) is 0 Å². The first-order valence-electron chi connectivity index (χ1n) is 6.66. The molecule has 0 amide bonds. The highest BCUT2D eigenvalue weighted by molar-refractivity contribution is 5.91. The van der Waals surface area contributed by atoms with Crippen LogP contribution in [0.5, 0.6) is 5.75 Å². The van der Waals surface area contributed by atoms with Gasteiger partial charge >= 0.3 is 5.69 Å². The third kappa shape index (κ3) is 3.36. The molecule has 2 rings (SSSR count). The van der Waals surface area contributed by atoms with Gasteiger partial charge in [-0.15, -0.1) is 0 Å². The molecule has 8 nitrogen and oxygen atoms in total. The zero-order valence-corrected chi connectivity index (χ0v) is 12.5. The molecule has 0 bridgehead atoms. The van der Waals surface area contributed by atoms with Crippen LogP contribution in [-0.2, 0) is 0 Å². The van der Waals surface area contributed by atoms with E-state index in [4.69, 9.17) is 4.74 Å². The Morgan fingerprint density at radius 1 is 1.12 bits per heavy atom. The Hall–Kier alpha value is -3.73. The normalized spacial score (nSPS) is 10.8. The van der Waals surface area contributed by atoms with Crippen molar-refractivity contribution in [1.82, 2.24) is 0 Å². The van der Waals surface area contributed by atoms with Crippen molar-refractivity contribution in [1.29, 1.82) is 5.26 Å². The molecule has 120 valence electrons. The maximum absolute atomic E-state index is 11.0. The smallest absolute Gasteiger partial charge is 0.310 e. The topological polar surface area (TPSA) is 119 Å². The van der Waals surface area contributed by atoms with Crippen LogP contribution in [-0.4, -0.2) is 17.0 Å². The molecule has 0 saturated carbocycles. The zero-order valence-electron chi connectivity index (χ0n) is 12.5. The number of nitrogens with zero attached hydrogens (tertiary/aromatic N) is 3. The van der Waals surface area contributed by atoms with Crippen LogP contribution >= 0.6 is 0 Å². The Labute approximate surface area is 136 Å². The number of nitro benzene ring substituents is 2. The number of hydrogen-bond acceptors (Lipinski definition) is 6. The van der Waals surface area contributed by atoms with E-state index >= 15 is 0 Å². The first-order chi connectivity index (χ1) is 11.5. The average Bonchev–Trinajstić information content (AvgIpc) is 2.59. The molecule has 0 aliphatic rings. The van der Waals surface area contributed by atoms with Crippen LogP contribution in [0.1, 0.15) is 11.1 Å². The maximum Gasteiger partial charge on any atom is 0.310 e. The highest BCUT2D eigenvalue weighted by atomic mass is 16.6. The molecule has 2 aromatic carbocycles. The van der Waals surface area contributed by atoms with Crippen molar-refractivity contribution < 1.29 is 14.6 Å². The number of allylic oxidation sites excluding steroid dienone is 1. The molecule has 0 fully saturated rings. The molecule has 0 spiro atoms. The van der Waals surface area contributed by atoms with Crippen molar-refractivity contribution in [3.05, 3.63) is 73.8 Å². The second-order valence-corrected chi connectivity index (χ2v) is 4.63. The molecule has 8 heteroatoms. The van der Waals surface area contributed by atoms with E-state index in [2.05, 4.69) is 0 Å². The van der Waals surface area contributed by atoms with Crippen LogP contribution in [0.15, 0.2) is 42.5 Å². The van der Waals surface area contributed by atoms with Gasteiger partial charge < -0.3 is 4.74 Å². The van der Waals surface area contributed by atoms with E-state index < -0.39 is 9.85 Å². The van der Waals surface area contributed by atoms with E-state index in [1.807, 2.05) is 6.07 Å². The van der Waals surface area contributed by atoms with Gasteiger partial charge in [0.25, 0.3) is 5.69 Å². The molecule has 2 aromatic rings. The third-order valence-corrected chi connectivity index (χ3v) is 3.24. The van der Waals surface area contributed by atoms with Gasteiger partial charge in [0, 0.05) is 12.1 Å². The summed E-state index contributed by atoms with van der Waals surface area (Å²) in [5.41, 5.74) is 0.371. The van der Waals surface area contributed by atoms with E-state index in [1.54, 1.807) is 6.07 Å². The lowest BCUT2D eigenvalue weighted by Gasteiger charge is -2.05. The number of benzene rings is 2. The van der Waals surface area contributed by atoms with E-state index in [9.17, 15) is 25.5 Å². The molecule has 0 N–H and O–H groups in total. The lowest BCUT2D eigenvalue weighted by molar-refractivity contribution is -0.385. The van der Waals surface area contributed by atoms with Crippen molar-refractivity contribution in [3.8, 4) is 11.8 Å². The standard InChI is InChI=1S/C16H11N3O5/c1-24-16-9-11(6-7-15(16)19(22)23)13(10-17)8-12-4-2-3-5-14(12)18(20)21/h2-9H,1H3/b13-8-. The van der Waals surface area contributed by atoms with Crippen molar-refractivity contribution in [2.24, 2.45) is 0 Å². The maximum atomic E-state index is 11.0. The first-order valence-corrected chi connectivity index (χ1v) is 6.66. The summed E-state index contributed by atoms with van der Waals surface area (Å²) < 4.78 is 4.97. The van der Waals surface area contributed by atoms with Gasteiger partial charge in [0.1, 0.15) is 0 Å². The molecular weight excluding hydrogens is 314 g/mol. The van der Waals surface area contributed by atoms with Gasteiger partial charge in [0.05, 0.1) is 34.2 Å². The monoisotopic (exact) mass is 325 g/mol. The van der Waals surface area contributed by atoms with Crippen LogP contribution in [0.4, 0.5) is 11.4 Å². The quantitative estimate of drug-likeness (QED) is 0.358. The highest BCUT2D eigenvalue weighted by Gasteiger charge is 2.17. The fraction of sp³-hybridized carbons (Fsp3) is 0.0625. The van der Waals surface area contributed by atoms with Gasteiger partial charge in [0.15, 0.2) is 5.75 Å². The lowest BCUT2D eigenvalue weighted by Crippen LogP contribution is -1.95. The van der Waals surface area contributed by atoms with Crippen molar-refractivity contribution in [3.63, 3.8) is 0 Å². The van der Waals surface area contributed by atoms with E-state index in [1.165, 1.54) is 49.6 Å². The first kappa shape index (κ1) is 16.6. The van der Waals surface area contributed by atoms with E-state index in [-0.39, 0.29) is 28.3 Å². The van der Waals surface area contributed by atoms with Gasteiger partial charge in [0.2, 0.25) is 0 Å². The lowest BCUT2D eigenvalue weighted by atomic mass is 10.0. The van der Waals surface area contributed by atoms with Gasteiger partial charge in [-0.05, 0) is 29.8 Å². The number of para-hydroxylation sites is 1. The minimum Gasteiger partial charge on any atom is -0.490 e. The fourth-order valence-corrected chi connectivity index (χ4v) is 2.11. The Morgan fingerprint density at radius 2 is 1.79 bits per heavy atom. The molecule has 0 atom stereocenters. The number of nitriles is 1. The third-order valence-electron chi connectivity index (χ3n) is 3.24. The van der Waals surface area contributed by atoms with Gasteiger partial charge in [-0.1, -0.05) is 12.1 Å². The summed E-state index contributed by atoms with van der Waals surface area (Å²) in [5, 5.41) is 31.3. The molecule has 0 unspecified atom stereocenters. The predicted molar refractivity (Wildman–Crippen MR) is 86.2 cm³/mol. The molecular formula is C16H11N3O5. The summed E-state index contributed by atoms with van der Waals surface area (Å²) >= 11 is 0. The number of nitro groups is 2. The molecule has 0 aliphatic carbocycles. The van der Waals surface area contributed by atoms with Crippen LogP contribution in [0.3, 0.4) is 0 Å². The summed E-state index contributed by atoms with van der Waals surface area (Å²) in [6.45, 7) is 0. The Kier molecular flexibility index (Phi) is 4.87. The molecule has 0 aromatic heterocycles. The van der Waals surface area contributed by atoms with E-state index in [0.29, 0.717) is 5.56 Å². The summed E-state index contributed by atoms with van der Waals surface area (Å²) in [7, 11) is 1.28. The van der Waals surface area contributed by atoms with Gasteiger partial charge in [-0.2, -0.15) is 5.26 Å². The fourth-order valence-electron chi connectivity index (χ4n) is 2.11. The predicted octanol–water partition coefficient (Wildman–Crippen LogP) is 3.58. The van der Waals surface area contributed by atoms with Gasteiger partial charge in [-0.25, -0.2) is 0 Å². The SMILES string of the molecule is COc1cc(/C(C#N)=C\c2ccccc2[N+](=O)[O-])ccc1[N+](=O)[O-]. The van der Waals surface area contributed by atoms with Crippen LogP contribution < -0.4 is 4.74 Å². The second kappa shape index (κ2) is 7.02. The minimum absolute atomic E-state index is 0.00112. The highest BCUT2D eigenvalue weighted by Crippen LogP contribution is 2.31. The van der Waals surface area contributed by atoms with Crippen molar-refractivity contribution >= 4 is 23.0 Å². The van der Waals surface area contributed by atoms with Crippen molar-refractivity contribution in [2.45, 2.75) is 0 Å². The van der Waals surface area contributed by atoms with Crippen LogP contribution in [0, 0.1) is 31.6 Å². The summed E-state index contributed by atoms with van der Waals surface area (Å²) in [6, 6.07) is 11.9. The molecule has 0 saturated heterocycles. The average molecular weight is 325 g/mol. The number of hydrogen-bond donors (Lipinski definition) is 0. The molecule has 0 heterocycles. The van der Waals surface area contributed by atoms with Crippen LogP contribution in [0.2, 0.25) is 0 Å². The van der Waals surface area contributed by atoms with Gasteiger partial charge in [-0.3, -0.25) is 20.2 Å². The largest absolute Gasteiger partial charge is 0.490 e. The summed E-state index contributed by atoms with van der Waals surface area (Å²) in [5.74, 6) is 0.00112. The summed E-state index contributed by atoms with van der Waals surface area (Å²) in [6.07, 6.45) is 1.36. The Bertz CT molecular complexity index is 884. The Morgan fingerprint density at radius 3 is 2.38 bits per heavy atom. The Balaban J connectivity index is 2.56. The number of methoxy groups -OCH3 is 1. The molecule has 0 aliphatic heterocycles. The minimum atomic E-state index is -0.597. The van der Waals surface area contributed by atoms with Crippen LogP contribution in [0.25, 0.3) is 11.6 Å². The molecule has 24 heavy (non-hydrogen) atoms. The summed E-state index contributed by atoms with van der Waals surface area (Å²) in [4.78, 5) is 20.8. The number of ether oxygens (including phenoxy) is 1. The van der Waals surface area contributed by atoms with Crippen molar-refractivity contribution in [2.75, 3.05) is 7.11 Å². The zero-order chi connectivity index (χ0) is 17.7. The number of rotatable bonds is 5. The second-order valence-electron chi connectivity index (χ2n) is 4.63. The molecule has 0 radical (unpaired) electrons.